The lowest BCUT2D eigenvalue weighted by molar-refractivity contribution is 0.102. The molecule has 15 heavy (non-hydrogen) atoms. The van der Waals surface area contributed by atoms with Gasteiger partial charge in [0, 0.05) is 16.6 Å². The van der Waals surface area contributed by atoms with Gasteiger partial charge in [0.25, 0.3) is 5.91 Å². The Morgan fingerprint density at radius 3 is 2.53 bits per heavy atom. The fourth-order valence-electron chi connectivity index (χ4n) is 1.17. The second-order valence-electron chi connectivity index (χ2n) is 3.09. The molecule has 0 saturated heterocycles. The molecule has 1 heterocycles. The van der Waals surface area contributed by atoms with Gasteiger partial charge >= 0.3 is 0 Å². The first-order valence-electron chi connectivity index (χ1n) is 4.45. The van der Waals surface area contributed by atoms with Crippen LogP contribution in [-0.2, 0) is 0 Å². The Balaban J connectivity index is 2.11. The molecule has 76 valence electrons. The van der Waals surface area contributed by atoms with E-state index < -0.39 is 0 Å². The second-order valence-corrected chi connectivity index (χ2v) is 3.87. The normalized spacial score (nSPS) is 9.87. The molecule has 0 saturated carbocycles. The van der Waals surface area contributed by atoms with Crippen LogP contribution in [0.15, 0.2) is 41.1 Å². The van der Waals surface area contributed by atoms with E-state index in [1.54, 1.807) is 35.6 Å². The molecule has 3 nitrogen and oxygen atoms in total. The Kier molecular flexibility index (Phi) is 2.69. The first-order chi connectivity index (χ1) is 7.25. The van der Waals surface area contributed by atoms with Crippen LogP contribution in [0.3, 0.4) is 0 Å². The summed E-state index contributed by atoms with van der Waals surface area (Å²) in [7, 11) is 0. The van der Waals surface area contributed by atoms with Crippen molar-refractivity contribution < 1.29 is 4.79 Å². The van der Waals surface area contributed by atoms with Crippen LogP contribution in [0.25, 0.3) is 0 Å². The Labute approximate surface area is 91.5 Å². The lowest BCUT2D eigenvalue weighted by Crippen LogP contribution is -2.10. The van der Waals surface area contributed by atoms with Crippen LogP contribution in [0, 0.1) is 0 Å². The van der Waals surface area contributed by atoms with Gasteiger partial charge in [0.15, 0.2) is 0 Å². The van der Waals surface area contributed by atoms with Gasteiger partial charge in [-0.2, -0.15) is 11.3 Å². The molecule has 1 aromatic carbocycles. The quantitative estimate of drug-likeness (QED) is 0.761. The van der Waals surface area contributed by atoms with Crippen molar-refractivity contribution in [2.24, 2.45) is 0 Å². The van der Waals surface area contributed by atoms with E-state index in [2.05, 4.69) is 5.32 Å². The van der Waals surface area contributed by atoms with Crippen LogP contribution in [0.1, 0.15) is 10.4 Å². The van der Waals surface area contributed by atoms with Crippen LogP contribution < -0.4 is 11.1 Å². The third kappa shape index (κ3) is 2.35. The fourth-order valence-corrected chi connectivity index (χ4v) is 1.76. The summed E-state index contributed by atoms with van der Waals surface area (Å²) >= 11 is 1.54. The minimum absolute atomic E-state index is 0.117. The largest absolute Gasteiger partial charge is 0.399 e. The number of amides is 1. The number of hydrogen-bond donors (Lipinski definition) is 2. The smallest absolute Gasteiger partial charge is 0.255 e. The van der Waals surface area contributed by atoms with E-state index in [9.17, 15) is 4.79 Å². The van der Waals surface area contributed by atoms with Crippen molar-refractivity contribution >= 4 is 28.6 Å². The van der Waals surface area contributed by atoms with Gasteiger partial charge in [-0.25, -0.2) is 0 Å². The van der Waals surface area contributed by atoms with E-state index in [4.69, 9.17) is 5.73 Å². The number of rotatable bonds is 2. The van der Waals surface area contributed by atoms with Crippen LogP contribution in [0.2, 0.25) is 0 Å². The first-order valence-corrected chi connectivity index (χ1v) is 5.39. The number of carbonyl (C=O) groups is 1. The minimum atomic E-state index is -0.117. The molecule has 1 amide bonds. The van der Waals surface area contributed by atoms with Crippen molar-refractivity contribution in [2.45, 2.75) is 0 Å². The highest BCUT2D eigenvalue weighted by atomic mass is 32.1. The molecule has 0 aliphatic carbocycles. The maximum absolute atomic E-state index is 11.7. The van der Waals surface area contributed by atoms with Gasteiger partial charge in [0.2, 0.25) is 0 Å². The molecule has 0 unspecified atom stereocenters. The average molecular weight is 218 g/mol. The summed E-state index contributed by atoms with van der Waals surface area (Å²) in [6.45, 7) is 0. The average Bonchev–Trinajstić information content (AvgIpc) is 2.71. The van der Waals surface area contributed by atoms with E-state index in [1.165, 1.54) is 0 Å². The highest BCUT2D eigenvalue weighted by Gasteiger charge is 2.05. The standard InChI is InChI=1S/C11H10N2OS/c12-9-3-1-8(2-4-9)11(14)13-10-5-6-15-7-10/h1-7H,12H2,(H,13,14). The first kappa shape index (κ1) is 9.73. The molecule has 1 aromatic heterocycles. The molecular weight excluding hydrogens is 208 g/mol. The summed E-state index contributed by atoms with van der Waals surface area (Å²) in [4.78, 5) is 11.7. The van der Waals surface area contributed by atoms with E-state index in [-0.39, 0.29) is 5.91 Å². The summed E-state index contributed by atoms with van der Waals surface area (Å²) in [6, 6.07) is 8.69. The molecular formula is C11H10N2OS. The van der Waals surface area contributed by atoms with E-state index >= 15 is 0 Å². The number of benzene rings is 1. The summed E-state index contributed by atoms with van der Waals surface area (Å²) in [6.07, 6.45) is 0. The van der Waals surface area contributed by atoms with Gasteiger partial charge in [-0.3, -0.25) is 4.79 Å². The molecule has 2 aromatic rings. The number of carbonyl (C=O) groups excluding carboxylic acids is 1. The van der Waals surface area contributed by atoms with Gasteiger partial charge in [0.1, 0.15) is 0 Å². The highest BCUT2D eigenvalue weighted by Crippen LogP contribution is 2.14. The van der Waals surface area contributed by atoms with Gasteiger partial charge < -0.3 is 11.1 Å². The van der Waals surface area contributed by atoms with E-state index in [0.717, 1.165) is 5.69 Å². The molecule has 3 N–H and O–H groups in total. The van der Waals surface area contributed by atoms with Crippen LogP contribution in [0.5, 0.6) is 0 Å². The predicted molar refractivity (Wildman–Crippen MR) is 63.1 cm³/mol. The Bertz CT molecular complexity index is 448. The summed E-state index contributed by atoms with van der Waals surface area (Å²) in [5.41, 5.74) is 7.62. The number of nitrogens with one attached hydrogen (secondary N) is 1. The highest BCUT2D eigenvalue weighted by molar-refractivity contribution is 7.08. The molecule has 4 heteroatoms. The summed E-state index contributed by atoms with van der Waals surface area (Å²) < 4.78 is 0. The van der Waals surface area contributed by atoms with Crippen LogP contribution in [0.4, 0.5) is 11.4 Å². The number of nitrogen functional groups attached to an aromatic ring is 1. The van der Waals surface area contributed by atoms with Crippen molar-refractivity contribution in [1.82, 2.24) is 0 Å². The zero-order chi connectivity index (χ0) is 10.7. The monoisotopic (exact) mass is 218 g/mol. The number of anilines is 2. The van der Waals surface area contributed by atoms with Crippen molar-refractivity contribution in [1.29, 1.82) is 0 Å². The van der Waals surface area contributed by atoms with Gasteiger partial charge in [-0.05, 0) is 35.7 Å². The van der Waals surface area contributed by atoms with Crippen molar-refractivity contribution in [2.75, 3.05) is 11.1 Å². The van der Waals surface area contributed by atoms with Crippen molar-refractivity contribution in [3.05, 3.63) is 46.7 Å². The zero-order valence-electron chi connectivity index (χ0n) is 7.94. The van der Waals surface area contributed by atoms with Gasteiger partial charge in [0.05, 0.1) is 5.69 Å². The molecule has 0 radical (unpaired) electrons. The van der Waals surface area contributed by atoms with Crippen molar-refractivity contribution in [3.63, 3.8) is 0 Å². The maximum Gasteiger partial charge on any atom is 0.255 e. The Hall–Kier alpha value is -1.81. The maximum atomic E-state index is 11.7. The predicted octanol–water partition coefficient (Wildman–Crippen LogP) is 2.58. The SMILES string of the molecule is Nc1ccc(C(=O)Nc2ccsc2)cc1. The molecule has 0 bridgehead atoms. The topological polar surface area (TPSA) is 55.1 Å². The molecule has 0 aliphatic heterocycles. The summed E-state index contributed by atoms with van der Waals surface area (Å²) in [5, 5.41) is 6.59. The Morgan fingerprint density at radius 2 is 1.93 bits per heavy atom. The molecule has 0 spiro atoms. The Morgan fingerprint density at radius 1 is 1.20 bits per heavy atom. The molecule has 2 rings (SSSR count). The van der Waals surface area contributed by atoms with Crippen molar-refractivity contribution in [3.8, 4) is 0 Å². The fraction of sp³-hybridized carbons (Fsp3) is 0. The number of nitrogens with two attached hydrogens (primary N) is 1. The second kappa shape index (κ2) is 4.14. The van der Waals surface area contributed by atoms with E-state index in [0.29, 0.717) is 11.3 Å². The molecule has 0 aliphatic rings. The lowest BCUT2D eigenvalue weighted by atomic mass is 10.2. The van der Waals surface area contributed by atoms with Gasteiger partial charge in [-0.1, -0.05) is 0 Å². The third-order valence-electron chi connectivity index (χ3n) is 1.95. The minimum Gasteiger partial charge on any atom is -0.399 e. The number of thiophene rings is 1. The third-order valence-corrected chi connectivity index (χ3v) is 2.64. The van der Waals surface area contributed by atoms with Crippen LogP contribution in [-0.4, -0.2) is 5.91 Å². The van der Waals surface area contributed by atoms with Gasteiger partial charge in [-0.15, -0.1) is 0 Å². The lowest BCUT2D eigenvalue weighted by Gasteiger charge is -2.02. The molecule has 0 fully saturated rings. The van der Waals surface area contributed by atoms with Crippen LogP contribution >= 0.6 is 11.3 Å². The van der Waals surface area contributed by atoms with E-state index in [1.807, 2.05) is 16.8 Å². The molecule has 0 atom stereocenters. The zero-order valence-corrected chi connectivity index (χ0v) is 8.75. The number of hydrogen-bond acceptors (Lipinski definition) is 3. The summed E-state index contributed by atoms with van der Waals surface area (Å²) in [5.74, 6) is -0.117.